The van der Waals surface area contributed by atoms with Crippen molar-refractivity contribution < 1.29 is 0 Å². The summed E-state index contributed by atoms with van der Waals surface area (Å²) in [6.07, 6.45) is 9.11. The Hall–Kier alpha value is -6.65. The van der Waals surface area contributed by atoms with E-state index in [1.165, 1.54) is 73.2 Å². The van der Waals surface area contributed by atoms with Crippen LogP contribution in [0.5, 0.6) is 0 Å². The first-order valence-electron chi connectivity index (χ1n) is 21.0. The van der Waals surface area contributed by atoms with Crippen LogP contribution in [0.3, 0.4) is 0 Å². The molecule has 2 aliphatic carbocycles. The summed E-state index contributed by atoms with van der Waals surface area (Å²) >= 11 is 0. The van der Waals surface area contributed by atoms with Gasteiger partial charge in [-0.1, -0.05) is 149 Å². The topological polar surface area (TPSA) is 43.6 Å². The molecule has 0 N–H and O–H groups in total. The molecule has 0 atom stereocenters. The Morgan fingerprint density at radius 2 is 1.08 bits per heavy atom. The normalized spacial score (nSPS) is 15.4. The van der Waals surface area contributed by atoms with E-state index < -0.39 is 0 Å². The number of fused-ring (bicyclic) bond motifs is 6. The number of hydrogen-bond acceptors (Lipinski definition) is 3. The predicted octanol–water partition coefficient (Wildman–Crippen LogP) is 14.1. The second-order valence-electron chi connectivity index (χ2n) is 17.9. The predicted molar refractivity (Wildman–Crippen MR) is 246 cm³/mol. The third-order valence-electron chi connectivity index (χ3n) is 13.2. The van der Waals surface area contributed by atoms with Crippen LogP contribution < -0.4 is 0 Å². The molecule has 9 aromatic rings. The fraction of sp³-hybridized carbons (Fsp3) is 0.182. The number of aryl methyl sites for hydroxylation is 1. The van der Waals surface area contributed by atoms with Crippen LogP contribution in [-0.4, -0.2) is 19.5 Å². The molecule has 59 heavy (non-hydrogen) atoms. The van der Waals surface area contributed by atoms with Crippen molar-refractivity contribution in [3.05, 3.63) is 174 Å². The van der Waals surface area contributed by atoms with Crippen LogP contribution in [0.1, 0.15) is 69.2 Å². The molecule has 11 rings (SSSR count). The average molecular weight is 763 g/mol. The molecule has 0 fully saturated rings. The number of benzene rings is 7. The summed E-state index contributed by atoms with van der Waals surface area (Å²) in [6, 6.07) is 52.7. The lowest BCUT2D eigenvalue weighted by molar-refractivity contribution is 0.332. The van der Waals surface area contributed by atoms with Crippen molar-refractivity contribution in [2.45, 2.75) is 64.2 Å². The van der Waals surface area contributed by atoms with Gasteiger partial charge in [0.15, 0.2) is 17.5 Å². The molecule has 7 aromatic carbocycles. The Kier molecular flexibility index (Phi) is 8.10. The van der Waals surface area contributed by atoms with E-state index in [2.05, 4.69) is 172 Å². The molecule has 2 aliphatic rings. The minimum Gasteiger partial charge on any atom is -0.309 e. The van der Waals surface area contributed by atoms with E-state index in [0.717, 1.165) is 40.8 Å². The largest absolute Gasteiger partial charge is 0.309 e. The molecule has 0 saturated heterocycles. The van der Waals surface area contributed by atoms with E-state index in [9.17, 15) is 0 Å². The molecule has 0 saturated carbocycles. The lowest BCUT2D eigenvalue weighted by Gasteiger charge is -2.42. The van der Waals surface area contributed by atoms with Gasteiger partial charge in [-0.05, 0) is 117 Å². The van der Waals surface area contributed by atoms with Crippen LogP contribution in [0.25, 0.3) is 89.6 Å². The molecule has 0 unspecified atom stereocenters. The zero-order valence-electron chi connectivity index (χ0n) is 34.1. The summed E-state index contributed by atoms with van der Waals surface area (Å²) < 4.78 is 2.50. The summed E-state index contributed by atoms with van der Waals surface area (Å²) in [7, 11) is 0. The zero-order chi connectivity index (χ0) is 39.9. The summed E-state index contributed by atoms with van der Waals surface area (Å²) in [5.74, 6) is 1.95. The molecule has 0 aliphatic heterocycles. The van der Waals surface area contributed by atoms with Gasteiger partial charge in [0.05, 0.1) is 11.0 Å². The molecule has 286 valence electrons. The second-order valence-corrected chi connectivity index (χ2v) is 17.9. The molecule has 0 amide bonds. The Labute approximate surface area is 346 Å². The van der Waals surface area contributed by atoms with Gasteiger partial charge in [0, 0.05) is 33.2 Å². The van der Waals surface area contributed by atoms with E-state index in [1.807, 2.05) is 18.2 Å². The van der Waals surface area contributed by atoms with Crippen LogP contribution in [-0.2, 0) is 17.3 Å². The first-order chi connectivity index (χ1) is 28.7. The maximum atomic E-state index is 5.21. The van der Waals surface area contributed by atoms with Gasteiger partial charge in [0.2, 0.25) is 0 Å². The monoisotopic (exact) mass is 762 g/mol. The van der Waals surface area contributed by atoms with Gasteiger partial charge >= 0.3 is 0 Å². The standard InChI is InChI=1S/C55H46N4/c1-54(2)28-29-55(3,4)48-34-50-46(33-47(48)54)45-31-39-17-8-9-18-40(39)32-49(45)59(50)42-21-12-20-41(30-42)53-57-51(37-15-6-5-7-16-37)56-52(58-53)38-26-24-36(25-27-38)44-23-13-19-35-14-10-11-22-43(35)44/h5-8,10-17,19-27,30-34H,9,18,28-29H2,1-4H3. The van der Waals surface area contributed by atoms with E-state index >= 15 is 0 Å². The highest BCUT2D eigenvalue weighted by atomic mass is 15.0. The van der Waals surface area contributed by atoms with Gasteiger partial charge in [-0.25, -0.2) is 15.0 Å². The molecule has 0 radical (unpaired) electrons. The highest BCUT2D eigenvalue weighted by Gasteiger charge is 2.38. The fourth-order valence-corrected chi connectivity index (χ4v) is 9.69. The van der Waals surface area contributed by atoms with Gasteiger partial charge in [-0.15, -0.1) is 0 Å². The Bertz CT molecular complexity index is 3140. The molecule has 4 heteroatoms. The van der Waals surface area contributed by atoms with Crippen LogP contribution in [0.2, 0.25) is 0 Å². The quantitative estimate of drug-likeness (QED) is 0.175. The highest BCUT2D eigenvalue weighted by Crippen LogP contribution is 2.49. The first-order valence-corrected chi connectivity index (χ1v) is 21.0. The lowest BCUT2D eigenvalue weighted by Crippen LogP contribution is -2.33. The van der Waals surface area contributed by atoms with Crippen molar-refractivity contribution in [1.82, 2.24) is 19.5 Å². The Balaban J connectivity index is 1.08. The van der Waals surface area contributed by atoms with E-state index in [4.69, 9.17) is 15.0 Å². The lowest BCUT2D eigenvalue weighted by atomic mass is 9.63. The molecule has 2 aromatic heterocycles. The molecule has 4 nitrogen and oxygen atoms in total. The molecule has 0 spiro atoms. The van der Waals surface area contributed by atoms with E-state index in [1.54, 1.807) is 0 Å². The van der Waals surface area contributed by atoms with Crippen LogP contribution in [0.4, 0.5) is 0 Å². The number of hydrogen-bond donors (Lipinski definition) is 0. The van der Waals surface area contributed by atoms with Crippen molar-refractivity contribution in [2.75, 3.05) is 0 Å². The van der Waals surface area contributed by atoms with Gasteiger partial charge in [-0.3, -0.25) is 0 Å². The van der Waals surface area contributed by atoms with Gasteiger partial charge < -0.3 is 4.57 Å². The van der Waals surface area contributed by atoms with Crippen LogP contribution in [0, 0.1) is 0 Å². The minimum absolute atomic E-state index is 0.0896. The number of nitrogens with zero attached hydrogens (tertiary/aromatic N) is 4. The Morgan fingerprint density at radius 3 is 1.86 bits per heavy atom. The van der Waals surface area contributed by atoms with Gasteiger partial charge in [0.25, 0.3) is 0 Å². The van der Waals surface area contributed by atoms with Crippen molar-refractivity contribution >= 4 is 38.7 Å². The first kappa shape index (κ1) is 35.5. The third kappa shape index (κ3) is 6.00. The second kappa shape index (κ2) is 13.5. The zero-order valence-corrected chi connectivity index (χ0v) is 34.1. The Morgan fingerprint density at radius 1 is 0.492 bits per heavy atom. The number of allylic oxidation sites excluding steroid dienone is 1. The smallest absolute Gasteiger partial charge is 0.164 e. The maximum absolute atomic E-state index is 5.21. The third-order valence-corrected chi connectivity index (χ3v) is 13.2. The number of rotatable bonds is 5. The summed E-state index contributed by atoms with van der Waals surface area (Å²) in [5, 5.41) is 5.09. The average Bonchev–Trinajstić information content (AvgIpc) is 3.59. The summed E-state index contributed by atoms with van der Waals surface area (Å²) in [6.45, 7) is 9.69. The maximum Gasteiger partial charge on any atom is 0.164 e. The molecule has 0 bridgehead atoms. The van der Waals surface area contributed by atoms with Crippen molar-refractivity contribution in [3.63, 3.8) is 0 Å². The van der Waals surface area contributed by atoms with Gasteiger partial charge in [0.1, 0.15) is 0 Å². The van der Waals surface area contributed by atoms with Gasteiger partial charge in [-0.2, -0.15) is 0 Å². The van der Waals surface area contributed by atoms with Crippen LogP contribution >= 0.6 is 0 Å². The minimum atomic E-state index is 0.0896. The molecular weight excluding hydrogens is 717 g/mol. The van der Waals surface area contributed by atoms with Crippen molar-refractivity contribution in [1.29, 1.82) is 0 Å². The fourth-order valence-electron chi connectivity index (χ4n) is 9.69. The molecule has 2 heterocycles. The van der Waals surface area contributed by atoms with E-state index in [-0.39, 0.29) is 10.8 Å². The number of aromatic nitrogens is 4. The van der Waals surface area contributed by atoms with Crippen LogP contribution in [0.15, 0.2) is 152 Å². The SMILES string of the molecule is CC1(C)CCC(C)(C)c2cc3c(cc21)c1cc2c(cc1n3-c1cccc(-c3nc(-c4ccccc4)nc(-c4ccc(-c5cccc6ccccc56)cc4)n3)c1)CCC=C2. The van der Waals surface area contributed by atoms with Crippen molar-refractivity contribution in [3.8, 4) is 51.0 Å². The van der Waals surface area contributed by atoms with E-state index in [0.29, 0.717) is 17.5 Å². The van der Waals surface area contributed by atoms with Crippen molar-refractivity contribution in [2.24, 2.45) is 0 Å². The summed E-state index contributed by atoms with van der Waals surface area (Å²) in [5.41, 5.74) is 14.7. The summed E-state index contributed by atoms with van der Waals surface area (Å²) in [4.78, 5) is 15.4. The highest BCUT2D eigenvalue weighted by molar-refractivity contribution is 6.11. The molecular formula is C55H46N4.